The van der Waals surface area contributed by atoms with Gasteiger partial charge in [0.15, 0.2) is 0 Å². The molecule has 1 saturated heterocycles. The molecule has 1 fully saturated rings. The van der Waals surface area contributed by atoms with Gasteiger partial charge in [-0.2, -0.15) is 0 Å². The zero-order valence-electron chi connectivity index (χ0n) is 16.0. The van der Waals surface area contributed by atoms with Gasteiger partial charge in [-0.3, -0.25) is 4.79 Å². The van der Waals surface area contributed by atoms with Crippen LogP contribution in [0.2, 0.25) is 0 Å². The van der Waals surface area contributed by atoms with Crippen LogP contribution in [0, 0.1) is 0 Å². The summed E-state index contributed by atoms with van der Waals surface area (Å²) in [6.45, 7) is 0.661. The minimum absolute atomic E-state index is 0.449. The fourth-order valence-electron chi connectivity index (χ4n) is 2.29. The summed E-state index contributed by atoms with van der Waals surface area (Å²) in [6.07, 6.45) is -5.94. The first-order valence-corrected chi connectivity index (χ1v) is 6.47. The molecule has 10 heteroatoms. The summed E-state index contributed by atoms with van der Waals surface area (Å²) in [5.74, 6) is -4.33. The van der Waals surface area contributed by atoms with Crippen molar-refractivity contribution in [3.63, 3.8) is 0 Å². The van der Waals surface area contributed by atoms with Crippen LogP contribution >= 0.6 is 0 Å². The molecule has 1 aliphatic rings. The zero-order valence-corrected chi connectivity index (χ0v) is 12.0. The molecule has 0 saturated carbocycles. The number of aliphatic carboxylic acids is 1. The molecule has 10 nitrogen and oxygen atoms in total. The second-order valence-corrected chi connectivity index (χ2v) is 4.98. The van der Waals surface area contributed by atoms with Crippen molar-refractivity contribution in [2.75, 3.05) is 13.7 Å². The monoisotopic (exact) mass is 327 g/mol. The number of carboxylic acid groups (broad SMARTS) is 1. The summed E-state index contributed by atoms with van der Waals surface area (Å²) in [5.41, 5.74) is 0. The highest BCUT2D eigenvalue weighted by atomic mass is 16.7. The van der Waals surface area contributed by atoms with Gasteiger partial charge in [0.2, 0.25) is 11.6 Å². The van der Waals surface area contributed by atoms with Gasteiger partial charge in [-0.1, -0.05) is 0 Å². The first-order chi connectivity index (χ1) is 12.3. The molecule has 1 amide bonds. The number of aliphatic hydroxyl groups excluding tert-OH is 4. The van der Waals surface area contributed by atoms with E-state index in [1.54, 1.807) is 0 Å². The number of aliphatic hydroxyl groups is 4. The average molecular weight is 327 g/mol. The van der Waals surface area contributed by atoms with E-state index in [1.807, 2.05) is 0 Å². The second-order valence-electron chi connectivity index (χ2n) is 4.98. The standard InChI is InChI=1S/C12H21NO9/c1-5(15)13-8-6(16)3-12(21-2,11(19)20)22-10(8)9(18)7(17)4-14/h6-10,14,16-18H,3-4H2,1-2H3,(H,13,15)(H,19,20)/t6-,7+,8+,9+,10+,12+/m0/s1/i14D,16D,17D,18D. The Labute approximate surface area is 132 Å². The van der Waals surface area contributed by atoms with E-state index in [0.717, 1.165) is 7.11 Å². The van der Waals surface area contributed by atoms with Crippen LogP contribution in [0.25, 0.3) is 0 Å². The van der Waals surface area contributed by atoms with Gasteiger partial charge < -0.3 is 40.3 Å². The number of rotatable bonds is 10. The van der Waals surface area contributed by atoms with Gasteiger partial charge in [0, 0.05) is 20.5 Å². The third-order valence-corrected chi connectivity index (χ3v) is 3.43. The SMILES string of the molecule is [2H]OC[C@@H](O[2H])[C@@H](O[2H])[C@@H]1O[C@@](OC)(C(=O)O)C[C@H](O[2H])[C@H]1NC(C)=O. The van der Waals surface area contributed by atoms with E-state index < -0.39 is 61.1 Å². The van der Waals surface area contributed by atoms with Crippen molar-refractivity contribution in [1.82, 2.24) is 5.32 Å². The van der Waals surface area contributed by atoms with Crippen molar-refractivity contribution in [3.8, 4) is 0 Å². The summed E-state index contributed by atoms with van der Waals surface area (Å²) in [5, 5.41) is 29.5. The van der Waals surface area contributed by atoms with Crippen LogP contribution in [0.3, 0.4) is 0 Å². The fourth-order valence-corrected chi connectivity index (χ4v) is 2.29. The molecule has 0 unspecified atom stereocenters. The smallest absolute Gasteiger partial charge is 0.364 e. The van der Waals surface area contributed by atoms with Crippen LogP contribution in [0.15, 0.2) is 0 Å². The number of carbonyl (C=O) groups excluding carboxylic acids is 1. The maximum absolute atomic E-state index is 11.7. The Morgan fingerprint density at radius 2 is 2.32 bits per heavy atom. The molecule has 128 valence electrons. The van der Waals surface area contributed by atoms with Crippen LogP contribution in [0.1, 0.15) is 13.3 Å². The van der Waals surface area contributed by atoms with Crippen molar-refractivity contribution in [3.05, 3.63) is 0 Å². The predicted molar refractivity (Wildman–Crippen MR) is 69.6 cm³/mol. The highest BCUT2D eigenvalue weighted by molar-refractivity contribution is 5.76. The third kappa shape index (κ3) is 3.72. The number of methoxy groups -OCH3 is 1. The van der Waals surface area contributed by atoms with Crippen LogP contribution in [-0.4, -0.2) is 93.1 Å². The Bertz CT molecular complexity index is 488. The van der Waals surface area contributed by atoms with Crippen molar-refractivity contribution < 1.29 is 44.6 Å². The predicted octanol–water partition coefficient (Wildman–Crippen LogP) is -3.22. The molecular weight excluding hydrogens is 302 g/mol. The van der Waals surface area contributed by atoms with Crippen molar-refractivity contribution >= 4 is 11.9 Å². The van der Waals surface area contributed by atoms with Crippen molar-refractivity contribution in [2.45, 2.75) is 49.6 Å². The minimum Gasteiger partial charge on any atom is -0.477 e. The number of hydrogen-bond acceptors (Lipinski definition) is 8. The number of carbonyl (C=O) groups is 2. The minimum atomic E-state index is -2.25. The van der Waals surface area contributed by atoms with Gasteiger partial charge in [-0.25, -0.2) is 4.79 Å². The van der Waals surface area contributed by atoms with Crippen LogP contribution < -0.4 is 5.32 Å². The lowest BCUT2D eigenvalue weighted by atomic mass is 9.88. The maximum atomic E-state index is 11.7. The first kappa shape index (κ1) is 13.2. The number of amides is 1. The Balaban J connectivity index is 3.34. The lowest BCUT2D eigenvalue weighted by Gasteiger charge is -2.46. The molecule has 22 heavy (non-hydrogen) atoms. The van der Waals surface area contributed by atoms with E-state index in [1.165, 1.54) is 6.92 Å². The molecule has 0 bridgehead atoms. The number of hydrogen-bond donors (Lipinski definition) is 6. The summed E-state index contributed by atoms with van der Waals surface area (Å²) in [4.78, 5) is 23.2. The normalized spacial score (nSPS) is 37.1. The molecule has 6 N–H and O–H groups in total. The Hall–Kier alpha value is -1.30. The first-order valence-electron chi connectivity index (χ1n) is 8.10. The number of ether oxygens (including phenoxy) is 2. The van der Waals surface area contributed by atoms with Crippen molar-refractivity contribution in [1.29, 1.82) is 5.72 Å². The topological polar surface area (TPSA) is 166 Å². The summed E-state index contributed by atoms with van der Waals surface area (Å²) < 4.78 is 38.7. The number of nitrogens with one attached hydrogen (secondary N) is 1. The summed E-state index contributed by atoms with van der Waals surface area (Å²) in [6, 6.07) is -1.13. The fraction of sp³-hybridized carbons (Fsp3) is 0.833. The van der Waals surface area contributed by atoms with E-state index >= 15 is 0 Å². The lowest BCUT2D eigenvalue weighted by Crippen LogP contribution is -2.67. The molecule has 1 heterocycles. The van der Waals surface area contributed by atoms with Gasteiger partial charge in [0.05, 0.1) is 18.8 Å². The molecule has 1 aliphatic heterocycles. The van der Waals surface area contributed by atoms with E-state index in [9.17, 15) is 14.7 Å². The quantitative estimate of drug-likeness (QED) is 0.242. The molecule has 0 aromatic heterocycles. The molecule has 1 rings (SSSR count). The second kappa shape index (κ2) is 7.31. The lowest BCUT2D eigenvalue weighted by molar-refractivity contribution is -0.303. The van der Waals surface area contributed by atoms with E-state index in [-0.39, 0.29) is 0 Å². The molecule has 6 atom stereocenters. The van der Waals surface area contributed by atoms with E-state index in [4.69, 9.17) is 15.2 Å². The van der Waals surface area contributed by atoms with Crippen molar-refractivity contribution in [2.24, 2.45) is 0 Å². The average Bonchev–Trinajstić information content (AvgIpc) is 2.61. The largest absolute Gasteiger partial charge is 0.477 e. The van der Waals surface area contributed by atoms with Gasteiger partial charge in [0.25, 0.3) is 5.79 Å². The Kier molecular flexibility index (Phi) is 4.37. The maximum Gasteiger partial charge on any atom is 0.364 e. The molecule has 0 radical (unpaired) electrons. The van der Waals surface area contributed by atoms with Gasteiger partial charge in [-0.05, 0) is 0 Å². The summed E-state index contributed by atoms with van der Waals surface area (Å²) >= 11 is 0. The molecule has 0 aromatic carbocycles. The third-order valence-electron chi connectivity index (χ3n) is 3.43. The highest BCUT2D eigenvalue weighted by Gasteiger charge is 2.55. The molecule has 0 aliphatic carbocycles. The Morgan fingerprint density at radius 3 is 2.77 bits per heavy atom. The highest BCUT2D eigenvalue weighted by Crippen LogP contribution is 2.32. The van der Waals surface area contributed by atoms with Gasteiger partial charge in [-0.15, -0.1) is 0 Å². The van der Waals surface area contributed by atoms with Gasteiger partial charge in [0.1, 0.15) is 18.3 Å². The summed E-state index contributed by atoms with van der Waals surface area (Å²) in [7, 11) is 1.06. The molecule has 0 aromatic rings. The number of carboxylic acids is 1. The van der Waals surface area contributed by atoms with Gasteiger partial charge >= 0.3 is 5.97 Å². The van der Waals surface area contributed by atoms with E-state index in [2.05, 4.69) is 25.8 Å². The van der Waals surface area contributed by atoms with E-state index in [0.29, 0.717) is 0 Å². The Morgan fingerprint density at radius 1 is 1.55 bits per heavy atom. The molecule has 0 spiro atoms. The van der Waals surface area contributed by atoms with Crippen LogP contribution in [0.4, 0.5) is 0 Å². The van der Waals surface area contributed by atoms with Crippen LogP contribution in [-0.2, 0) is 19.1 Å². The van der Waals surface area contributed by atoms with Crippen LogP contribution in [0.5, 0.6) is 0 Å². The molecular formula is C12H21NO9. The zero-order chi connectivity index (χ0) is 19.9.